The Hall–Kier alpha value is -0.500. The Balaban J connectivity index is 2.11. The summed E-state index contributed by atoms with van der Waals surface area (Å²) in [6, 6.07) is 0. The van der Waals surface area contributed by atoms with Gasteiger partial charge in [0.05, 0.1) is 0 Å². The SMILES string of the molecule is O=C(CCl)NCCC1=CCCCC1. The van der Waals surface area contributed by atoms with Crippen molar-refractivity contribution in [2.45, 2.75) is 32.1 Å². The first-order valence-corrected chi connectivity index (χ1v) is 5.37. The first kappa shape index (κ1) is 10.6. The molecule has 1 N–H and O–H groups in total. The molecule has 0 saturated carbocycles. The van der Waals surface area contributed by atoms with Crippen molar-refractivity contribution in [1.29, 1.82) is 0 Å². The molecule has 1 aliphatic carbocycles. The van der Waals surface area contributed by atoms with Crippen LogP contribution in [0.3, 0.4) is 0 Å². The van der Waals surface area contributed by atoms with E-state index in [0.717, 1.165) is 13.0 Å². The highest BCUT2D eigenvalue weighted by Gasteiger charge is 2.03. The maximum absolute atomic E-state index is 10.8. The van der Waals surface area contributed by atoms with E-state index in [4.69, 9.17) is 11.6 Å². The number of carbonyl (C=O) groups is 1. The van der Waals surface area contributed by atoms with Gasteiger partial charge in [0.25, 0.3) is 0 Å². The monoisotopic (exact) mass is 201 g/mol. The maximum Gasteiger partial charge on any atom is 0.234 e. The predicted octanol–water partition coefficient (Wildman–Crippen LogP) is 2.23. The number of alkyl halides is 1. The molecule has 0 saturated heterocycles. The molecule has 1 rings (SSSR count). The number of rotatable bonds is 4. The molecule has 0 bridgehead atoms. The zero-order chi connectivity index (χ0) is 9.52. The van der Waals surface area contributed by atoms with Gasteiger partial charge < -0.3 is 5.32 Å². The van der Waals surface area contributed by atoms with Gasteiger partial charge in [-0.25, -0.2) is 0 Å². The second kappa shape index (κ2) is 6.03. The molecule has 2 nitrogen and oxygen atoms in total. The molecule has 0 aromatic rings. The van der Waals surface area contributed by atoms with E-state index in [9.17, 15) is 4.79 Å². The summed E-state index contributed by atoms with van der Waals surface area (Å²) in [6.07, 6.45) is 8.32. The number of hydrogen-bond donors (Lipinski definition) is 1. The van der Waals surface area contributed by atoms with Crippen LogP contribution in [0.1, 0.15) is 32.1 Å². The molecule has 0 radical (unpaired) electrons. The Morgan fingerprint density at radius 1 is 1.54 bits per heavy atom. The molecule has 0 unspecified atom stereocenters. The van der Waals surface area contributed by atoms with Gasteiger partial charge in [-0.15, -0.1) is 11.6 Å². The molecule has 1 amide bonds. The third-order valence-electron chi connectivity index (χ3n) is 2.27. The molecule has 13 heavy (non-hydrogen) atoms. The summed E-state index contributed by atoms with van der Waals surface area (Å²) < 4.78 is 0. The minimum atomic E-state index is -0.0712. The van der Waals surface area contributed by atoms with Crippen molar-refractivity contribution in [3.05, 3.63) is 11.6 Å². The molecule has 1 aliphatic rings. The molecule has 0 spiro atoms. The molecule has 0 atom stereocenters. The maximum atomic E-state index is 10.8. The van der Waals surface area contributed by atoms with Crippen LogP contribution in [0.15, 0.2) is 11.6 Å². The smallest absolute Gasteiger partial charge is 0.234 e. The van der Waals surface area contributed by atoms with Crippen molar-refractivity contribution in [2.75, 3.05) is 12.4 Å². The average molecular weight is 202 g/mol. The van der Waals surface area contributed by atoms with Gasteiger partial charge in [-0.05, 0) is 32.1 Å². The summed E-state index contributed by atoms with van der Waals surface area (Å²) >= 11 is 5.35. The van der Waals surface area contributed by atoms with Crippen LogP contribution in [0.4, 0.5) is 0 Å². The van der Waals surface area contributed by atoms with Gasteiger partial charge in [-0.1, -0.05) is 11.6 Å². The topological polar surface area (TPSA) is 29.1 Å². The van der Waals surface area contributed by atoms with Crippen LogP contribution < -0.4 is 5.32 Å². The standard InChI is InChI=1S/C10H16ClNO/c11-8-10(13)12-7-6-9-4-2-1-3-5-9/h4H,1-3,5-8H2,(H,12,13). The minimum absolute atomic E-state index is 0.0685. The van der Waals surface area contributed by atoms with Crippen LogP contribution in [0.2, 0.25) is 0 Å². The minimum Gasteiger partial charge on any atom is -0.355 e. The number of nitrogens with one attached hydrogen (secondary N) is 1. The molecule has 0 aliphatic heterocycles. The second-order valence-electron chi connectivity index (χ2n) is 3.34. The van der Waals surface area contributed by atoms with Crippen molar-refractivity contribution in [3.8, 4) is 0 Å². The lowest BCUT2D eigenvalue weighted by Crippen LogP contribution is -2.25. The predicted molar refractivity (Wildman–Crippen MR) is 54.9 cm³/mol. The molecule has 0 heterocycles. The van der Waals surface area contributed by atoms with Crippen LogP contribution >= 0.6 is 11.6 Å². The largest absolute Gasteiger partial charge is 0.355 e. The van der Waals surface area contributed by atoms with Crippen molar-refractivity contribution in [1.82, 2.24) is 5.32 Å². The van der Waals surface area contributed by atoms with Crippen LogP contribution in [0, 0.1) is 0 Å². The van der Waals surface area contributed by atoms with Gasteiger partial charge in [0.1, 0.15) is 5.88 Å². The number of amides is 1. The number of carbonyl (C=O) groups excluding carboxylic acids is 1. The number of allylic oxidation sites excluding steroid dienone is 1. The average Bonchev–Trinajstić information content (AvgIpc) is 2.19. The van der Waals surface area contributed by atoms with Gasteiger partial charge in [-0.2, -0.15) is 0 Å². The van der Waals surface area contributed by atoms with Crippen molar-refractivity contribution < 1.29 is 4.79 Å². The molecule has 3 heteroatoms. The number of halogens is 1. The zero-order valence-corrected chi connectivity index (χ0v) is 8.57. The van der Waals surface area contributed by atoms with Gasteiger partial charge in [0, 0.05) is 6.54 Å². The fraction of sp³-hybridized carbons (Fsp3) is 0.700. The summed E-state index contributed by atoms with van der Waals surface area (Å²) in [5.41, 5.74) is 1.49. The summed E-state index contributed by atoms with van der Waals surface area (Å²) in [7, 11) is 0. The fourth-order valence-electron chi connectivity index (χ4n) is 1.54. The third kappa shape index (κ3) is 4.32. The van der Waals surface area contributed by atoms with Gasteiger partial charge in [0.15, 0.2) is 0 Å². The van der Waals surface area contributed by atoms with Gasteiger partial charge in [-0.3, -0.25) is 4.79 Å². The fourth-order valence-corrected chi connectivity index (χ4v) is 1.64. The highest BCUT2D eigenvalue weighted by atomic mass is 35.5. The Labute approximate surface area is 84.3 Å². The van der Waals surface area contributed by atoms with E-state index in [1.807, 2.05) is 0 Å². The zero-order valence-electron chi connectivity index (χ0n) is 7.81. The van der Waals surface area contributed by atoms with E-state index < -0.39 is 0 Å². The second-order valence-corrected chi connectivity index (χ2v) is 3.61. The molecule has 0 aromatic heterocycles. The first-order chi connectivity index (χ1) is 6.33. The third-order valence-corrected chi connectivity index (χ3v) is 2.52. The Morgan fingerprint density at radius 2 is 2.38 bits per heavy atom. The Bertz CT molecular complexity index is 201. The van der Waals surface area contributed by atoms with Crippen LogP contribution in [0.5, 0.6) is 0 Å². The summed E-state index contributed by atoms with van der Waals surface area (Å²) in [4.78, 5) is 10.8. The summed E-state index contributed by atoms with van der Waals surface area (Å²) in [5.74, 6) is -0.00273. The van der Waals surface area contributed by atoms with E-state index in [2.05, 4.69) is 11.4 Å². The lowest BCUT2D eigenvalue weighted by molar-refractivity contribution is -0.118. The van der Waals surface area contributed by atoms with E-state index >= 15 is 0 Å². The highest BCUT2D eigenvalue weighted by molar-refractivity contribution is 6.27. The molecule has 0 aromatic carbocycles. The summed E-state index contributed by atoms with van der Waals surface area (Å²) in [5, 5.41) is 2.77. The normalized spacial score (nSPS) is 16.5. The van der Waals surface area contributed by atoms with Crippen LogP contribution in [-0.2, 0) is 4.79 Å². The van der Waals surface area contributed by atoms with Crippen LogP contribution in [0.25, 0.3) is 0 Å². The molecular weight excluding hydrogens is 186 g/mol. The molecular formula is C10H16ClNO. The van der Waals surface area contributed by atoms with E-state index in [0.29, 0.717) is 0 Å². The number of hydrogen-bond acceptors (Lipinski definition) is 1. The Morgan fingerprint density at radius 3 is 3.00 bits per heavy atom. The van der Waals surface area contributed by atoms with Crippen LogP contribution in [-0.4, -0.2) is 18.3 Å². The molecule has 0 fully saturated rings. The molecule has 74 valence electrons. The van der Waals surface area contributed by atoms with Gasteiger partial charge in [0.2, 0.25) is 5.91 Å². The van der Waals surface area contributed by atoms with E-state index in [1.165, 1.54) is 31.3 Å². The van der Waals surface area contributed by atoms with Crippen molar-refractivity contribution in [2.24, 2.45) is 0 Å². The quantitative estimate of drug-likeness (QED) is 0.549. The first-order valence-electron chi connectivity index (χ1n) is 4.83. The Kier molecular flexibility index (Phi) is 4.91. The van der Waals surface area contributed by atoms with E-state index in [-0.39, 0.29) is 11.8 Å². The van der Waals surface area contributed by atoms with Crippen molar-refractivity contribution >= 4 is 17.5 Å². The van der Waals surface area contributed by atoms with Crippen molar-refractivity contribution in [3.63, 3.8) is 0 Å². The van der Waals surface area contributed by atoms with E-state index in [1.54, 1.807) is 0 Å². The van der Waals surface area contributed by atoms with Gasteiger partial charge >= 0.3 is 0 Å². The lowest BCUT2D eigenvalue weighted by Gasteiger charge is -2.12. The lowest BCUT2D eigenvalue weighted by atomic mass is 9.97. The summed E-state index contributed by atoms with van der Waals surface area (Å²) in [6.45, 7) is 0.734. The highest BCUT2D eigenvalue weighted by Crippen LogP contribution is 2.19.